The maximum atomic E-state index is 12.5. The molecule has 3 unspecified atom stereocenters. The number of carbonyl (C=O) groups excluding carboxylic acids is 1. The predicted molar refractivity (Wildman–Crippen MR) is 84.2 cm³/mol. The van der Waals surface area contributed by atoms with Gasteiger partial charge in [0.15, 0.2) is 0 Å². The molecule has 0 spiro atoms. The van der Waals surface area contributed by atoms with Crippen LogP contribution in [0.2, 0.25) is 0 Å². The Bertz CT molecular complexity index is 484. The van der Waals surface area contributed by atoms with Gasteiger partial charge in [0.25, 0.3) is 5.91 Å². The van der Waals surface area contributed by atoms with Crippen molar-refractivity contribution in [3.8, 4) is 0 Å². The molecule has 0 heterocycles. The molecule has 3 heteroatoms. The summed E-state index contributed by atoms with van der Waals surface area (Å²) >= 11 is 0. The number of benzene rings is 1. The predicted octanol–water partition coefficient (Wildman–Crippen LogP) is 3.59. The van der Waals surface area contributed by atoms with E-state index in [1.165, 1.54) is 6.42 Å². The molecular weight excluding hydrogens is 248 g/mol. The summed E-state index contributed by atoms with van der Waals surface area (Å²) in [5, 5.41) is 6.31. The molecule has 1 aromatic carbocycles. The average Bonchev–Trinajstić information content (AvgIpc) is 2.43. The van der Waals surface area contributed by atoms with Gasteiger partial charge in [-0.2, -0.15) is 0 Å². The van der Waals surface area contributed by atoms with Crippen LogP contribution in [0, 0.1) is 18.8 Å². The summed E-state index contributed by atoms with van der Waals surface area (Å²) in [5.74, 6) is 1.51. The molecule has 110 valence electrons. The fourth-order valence-electron chi connectivity index (χ4n) is 3.01. The third-order valence-electron chi connectivity index (χ3n) is 4.62. The van der Waals surface area contributed by atoms with Crippen molar-refractivity contribution in [1.29, 1.82) is 0 Å². The van der Waals surface area contributed by atoms with Gasteiger partial charge in [0.2, 0.25) is 0 Å². The molecule has 1 fully saturated rings. The molecule has 3 atom stereocenters. The molecule has 0 saturated heterocycles. The van der Waals surface area contributed by atoms with Gasteiger partial charge in [-0.05, 0) is 50.2 Å². The maximum Gasteiger partial charge on any atom is 0.253 e. The number of aryl methyl sites for hydroxylation is 1. The Morgan fingerprint density at radius 1 is 1.20 bits per heavy atom. The molecule has 2 rings (SSSR count). The van der Waals surface area contributed by atoms with Crippen molar-refractivity contribution in [1.82, 2.24) is 5.32 Å². The minimum atomic E-state index is 0.0461. The van der Waals surface area contributed by atoms with Crippen LogP contribution in [-0.4, -0.2) is 19.0 Å². The van der Waals surface area contributed by atoms with Crippen LogP contribution in [0.5, 0.6) is 0 Å². The Hall–Kier alpha value is -1.51. The number of hydrogen-bond acceptors (Lipinski definition) is 2. The van der Waals surface area contributed by atoms with Crippen molar-refractivity contribution in [2.45, 2.75) is 46.1 Å². The number of rotatable bonds is 3. The lowest BCUT2D eigenvalue weighted by atomic mass is 9.79. The fourth-order valence-corrected chi connectivity index (χ4v) is 3.01. The summed E-state index contributed by atoms with van der Waals surface area (Å²) in [6, 6.07) is 6.26. The van der Waals surface area contributed by atoms with Crippen LogP contribution < -0.4 is 10.6 Å². The van der Waals surface area contributed by atoms with E-state index >= 15 is 0 Å². The Morgan fingerprint density at radius 3 is 2.60 bits per heavy atom. The van der Waals surface area contributed by atoms with Crippen molar-refractivity contribution in [2.75, 3.05) is 12.4 Å². The molecule has 3 nitrogen and oxygen atoms in total. The van der Waals surface area contributed by atoms with Gasteiger partial charge >= 0.3 is 0 Å². The summed E-state index contributed by atoms with van der Waals surface area (Å²) in [5.41, 5.74) is 2.75. The fraction of sp³-hybridized carbons (Fsp3) is 0.588. The molecule has 0 bridgehead atoms. The zero-order valence-electron chi connectivity index (χ0n) is 13.0. The van der Waals surface area contributed by atoms with Crippen LogP contribution in [0.25, 0.3) is 0 Å². The topological polar surface area (TPSA) is 41.1 Å². The lowest BCUT2D eigenvalue weighted by molar-refractivity contribution is 0.0911. The van der Waals surface area contributed by atoms with Crippen LogP contribution in [0.3, 0.4) is 0 Å². The lowest BCUT2D eigenvalue weighted by Gasteiger charge is -2.32. The van der Waals surface area contributed by atoms with E-state index in [1.807, 2.05) is 32.2 Å². The summed E-state index contributed by atoms with van der Waals surface area (Å²) in [6.07, 6.45) is 3.39. The van der Waals surface area contributed by atoms with E-state index < -0.39 is 0 Å². The zero-order chi connectivity index (χ0) is 14.7. The summed E-state index contributed by atoms with van der Waals surface area (Å²) in [7, 11) is 1.85. The molecule has 1 amide bonds. The minimum absolute atomic E-state index is 0.0461. The van der Waals surface area contributed by atoms with E-state index in [1.54, 1.807) is 0 Å². The lowest BCUT2D eigenvalue weighted by Crippen LogP contribution is -2.40. The standard InChI is InChI=1S/C17H26N2O/c1-11-5-8-16(18-4)15(9-11)17(20)19-14-7-6-12(2)13(3)10-14/h5,8-9,12-14,18H,6-7,10H2,1-4H3,(H,19,20). The third-order valence-corrected chi connectivity index (χ3v) is 4.62. The van der Waals surface area contributed by atoms with Gasteiger partial charge in [-0.3, -0.25) is 4.79 Å². The largest absolute Gasteiger partial charge is 0.387 e. The van der Waals surface area contributed by atoms with Crippen molar-refractivity contribution in [3.05, 3.63) is 29.3 Å². The molecule has 1 aromatic rings. The molecular formula is C17H26N2O. The van der Waals surface area contributed by atoms with Crippen LogP contribution in [-0.2, 0) is 0 Å². The first-order valence-electron chi connectivity index (χ1n) is 7.60. The first kappa shape index (κ1) is 14.9. The van der Waals surface area contributed by atoms with E-state index in [-0.39, 0.29) is 5.91 Å². The quantitative estimate of drug-likeness (QED) is 0.884. The smallest absolute Gasteiger partial charge is 0.253 e. The maximum absolute atomic E-state index is 12.5. The van der Waals surface area contributed by atoms with Gasteiger partial charge in [-0.15, -0.1) is 0 Å². The number of carbonyl (C=O) groups is 1. The van der Waals surface area contributed by atoms with Gasteiger partial charge in [-0.1, -0.05) is 25.5 Å². The summed E-state index contributed by atoms with van der Waals surface area (Å²) < 4.78 is 0. The number of hydrogen-bond donors (Lipinski definition) is 2. The Labute approximate surface area is 122 Å². The number of anilines is 1. The SMILES string of the molecule is CNc1ccc(C)cc1C(=O)NC1CCC(C)C(C)C1. The van der Waals surface area contributed by atoms with Crippen molar-refractivity contribution >= 4 is 11.6 Å². The highest BCUT2D eigenvalue weighted by molar-refractivity contribution is 6.00. The highest BCUT2D eigenvalue weighted by Crippen LogP contribution is 2.29. The number of nitrogens with one attached hydrogen (secondary N) is 2. The molecule has 1 saturated carbocycles. The second kappa shape index (κ2) is 6.29. The highest BCUT2D eigenvalue weighted by atomic mass is 16.1. The second-order valence-corrected chi connectivity index (χ2v) is 6.24. The van der Waals surface area contributed by atoms with E-state index in [4.69, 9.17) is 0 Å². The van der Waals surface area contributed by atoms with Gasteiger partial charge in [0.1, 0.15) is 0 Å². The average molecular weight is 274 g/mol. The van der Waals surface area contributed by atoms with Crippen molar-refractivity contribution in [2.24, 2.45) is 11.8 Å². The van der Waals surface area contributed by atoms with E-state index in [2.05, 4.69) is 24.5 Å². The minimum Gasteiger partial charge on any atom is -0.387 e. The zero-order valence-corrected chi connectivity index (χ0v) is 13.0. The molecule has 0 aromatic heterocycles. The monoisotopic (exact) mass is 274 g/mol. The van der Waals surface area contributed by atoms with Crippen molar-refractivity contribution in [3.63, 3.8) is 0 Å². The molecule has 20 heavy (non-hydrogen) atoms. The normalized spacial score (nSPS) is 26.1. The van der Waals surface area contributed by atoms with E-state index in [0.29, 0.717) is 12.0 Å². The molecule has 0 aliphatic heterocycles. The molecule has 0 radical (unpaired) electrons. The summed E-state index contributed by atoms with van der Waals surface area (Å²) in [6.45, 7) is 6.61. The first-order chi connectivity index (χ1) is 9.51. The summed E-state index contributed by atoms with van der Waals surface area (Å²) in [4.78, 5) is 12.5. The van der Waals surface area contributed by atoms with Crippen LogP contribution in [0.15, 0.2) is 18.2 Å². The molecule has 1 aliphatic rings. The van der Waals surface area contributed by atoms with Gasteiger partial charge in [-0.25, -0.2) is 0 Å². The second-order valence-electron chi connectivity index (χ2n) is 6.24. The Morgan fingerprint density at radius 2 is 1.95 bits per heavy atom. The van der Waals surface area contributed by atoms with Gasteiger partial charge in [0, 0.05) is 18.8 Å². The van der Waals surface area contributed by atoms with Crippen molar-refractivity contribution < 1.29 is 4.79 Å². The first-order valence-corrected chi connectivity index (χ1v) is 7.60. The Kier molecular flexibility index (Phi) is 4.69. The highest BCUT2D eigenvalue weighted by Gasteiger charge is 2.26. The van der Waals surface area contributed by atoms with E-state index in [9.17, 15) is 4.79 Å². The van der Waals surface area contributed by atoms with Crippen LogP contribution in [0.1, 0.15) is 49.0 Å². The van der Waals surface area contributed by atoms with Gasteiger partial charge in [0.05, 0.1) is 5.56 Å². The van der Waals surface area contributed by atoms with Crippen LogP contribution in [0.4, 0.5) is 5.69 Å². The van der Waals surface area contributed by atoms with Gasteiger partial charge < -0.3 is 10.6 Å². The molecule has 1 aliphatic carbocycles. The third kappa shape index (κ3) is 3.33. The van der Waals surface area contributed by atoms with E-state index in [0.717, 1.165) is 35.6 Å². The number of amides is 1. The Balaban J connectivity index is 2.07. The van der Waals surface area contributed by atoms with Crippen LogP contribution >= 0.6 is 0 Å². The molecule has 2 N–H and O–H groups in total.